The first-order valence-electron chi connectivity index (χ1n) is 7.30. The van der Waals surface area contributed by atoms with Gasteiger partial charge in [0.2, 0.25) is 0 Å². The molecular weight excluding hydrogens is 302 g/mol. The first kappa shape index (κ1) is 17.1. The second-order valence-electron chi connectivity index (χ2n) is 5.34. The van der Waals surface area contributed by atoms with Crippen molar-refractivity contribution in [1.82, 2.24) is 0 Å². The standard InChI is InChI=1S/C18H18F2O3/c1-12(21)2-3-13-4-7-15(8-5-13)23-11-18(22)16-10-14(19)6-9-17(16)20/h4-10,18,22H,2-3,11H2,1H3. The molecule has 0 aromatic heterocycles. The van der Waals surface area contributed by atoms with Gasteiger partial charge in [0.25, 0.3) is 0 Å². The van der Waals surface area contributed by atoms with Gasteiger partial charge < -0.3 is 14.6 Å². The molecule has 2 aromatic rings. The molecule has 2 aromatic carbocycles. The average Bonchev–Trinajstić information content (AvgIpc) is 2.53. The number of hydrogen-bond donors (Lipinski definition) is 1. The number of carbonyl (C=O) groups is 1. The maximum atomic E-state index is 13.5. The predicted molar refractivity (Wildman–Crippen MR) is 82.3 cm³/mol. The molecule has 0 aliphatic carbocycles. The van der Waals surface area contributed by atoms with Gasteiger partial charge in [-0.05, 0) is 49.2 Å². The number of benzene rings is 2. The van der Waals surface area contributed by atoms with Crippen LogP contribution >= 0.6 is 0 Å². The van der Waals surface area contributed by atoms with E-state index < -0.39 is 17.7 Å². The van der Waals surface area contributed by atoms with Gasteiger partial charge in [-0.2, -0.15) is 0 Å². The van der Waals surface area contributed by atoms with Crippen LogP contribution in [-0.4, -0.2) is 17.5 Å². The second-order valence-corrected chi connectivity index (χ2v) is 5.34. The molecular formula is C18H18F2O3. The maximum absolute atomic E-state index is 13.5. The topological polar surface area (TPSA) is 46.5 Å². The Bertz CT molecular complexity index is 668. The number of aliphatic hydroxyl groups is 1. The fraction of sp³-hybridized carbons (Fsp3) is 0.278. The van der Waals surface area contributed by atoms with Gasteiger partial charge in [0.15, 0.2) is 0 Å². The lowest BCUT2D eigenvalue weighted by Gasteiger charge is -2.14. The molecule has 0 amide bonds. The first-order chi connectivity index (χ1) is 11.0. The molecule has 1 N–H and O–H groups in total. The van der Waals surface area contributed by atoms with Crippen molar-refractivity contribution in [2.45, 2.75) is 25.9 Å². The van der Waals surface area contributed by atoms with Crippen molar-refractivity contribution in [3.8, 4) is 5.75 Å². The van der Waals surface area contributed by atoms with E-state index in [4.69, 9.17) is 4.74 Å². The lowest BCUT2D eigenvalue weighted by atomic mass is 10.1. The summed E-state index contributed by atoms with van der Waals surface area (Å²) in [5, 5.41) is 9.92. The molecule has 0 spiro atoms. The van der Waals surface area contributed by atoms with Gasteiger partial charge in [-0.15, -0.1) is 0 Å². The third-order valence-corrected chi connectivity index (χ3v) is 3.41. The van der Waals surface area contributed by atoms with Gasteiger partial charge in [-0.3, -0.25) is 0 Å². The summed E-state index contributed by atoms with van der Waals surface area (Å²) in [5.74, 6) is -0.657. The van der Waals surface area contributed by atoms with Crippen LogP contribution in [0.25, 0.3) is 0 Å². The molecule has 3 nitrogen and oxygen atoms in total. The molecule has 23 heavy (non-hydrogen) atoms. The van der Waals surface area contributed by atoms with Crippen LogP contribution in [-0.2, 0) is 11.2 Å². The summed E-state index contributed by atoms with van der Waals surface area (Å²) < 4.78 is 32.0. The molecule has 1 unspecified atom stereocenters. The average molecular weight is 320 g/mol. The highest BCUT2D eigenvalue weighted by Crippen LogP contribution is 2.20. The Morgan fingerprint density at radius 2 is 1.87 bits per heavy atom. The molecule has 0 aliphatic heterocycles. The smallest absolute Gasteiger partial charge is 0.130 e. The molecule has 0 bridgehead atoms. The van der Waals surface area contributed by atoms with Gasteiger partial charge in [0.1, 0.15) is 35.9 Å². The third-order valence-electron chi connectivity index (χ3n) is 3.41. The minimum atomic E-state index is -1.26. The number of carbonyl (C=O) groups excluding carboxylic acids is 1. The maximum Gasteiger partial charge on any atom is 0.130 e. The van der Waals surface area contributed by atoms with Crippen molar-refractivity contribution in [2.75, 3.05) is 6.61 Å². The molecule has 0 heterocycles. The summed E-state index contributed by atoms with van der Waals surface area (Å²) in [6.07, 6.45) is -0.118. The molecule has 0 saturated heterocycles. The van der Waals surface area contributed by atoms with E-state index in [1.807, 2.05) is 12.1 Å². The second kappa shape index (κ2) is 7.83. The molecule has 1 atom stereocenters. The largest absolute Gasteiger partial charge is 0.491 e. The highest BCUT2D eigenvalue weighted by Gasteiger charge is 2.14. The Labute approximate surface area is 133 Å². The summed E-state index contributed by atoms with van der Waals surface area (Å²) in [5.41, 5.74) is 0.868. The quantitative estimate of drug-likeness (QED) is 0.848. The van der Waals surface area contributed by atoms with Gasteiger partial charge in [-0.25, -0.2) is 8.78 Å². The highest BCUT2D eigenvalue weighted by atomic mass is 19.1. The number of hydrogen-bond acceptors (Lipinski definition) is 3. The number of ketones is 1. The lowest BCUT2D eigenvalue weighted by molar-refractivity contribution is -0.116. The van der Waals surface area contributed by atoms with E-state index in [-0.39, 0.29) is 18.0 Å². The number of halogens is 2. The van der Waals surface area contributed by atoms with Crippen molar-refractivity contribution in [3.63, 3.8) is 0 Å². The van der Waals surface area contributed by atoms with E-state index in [0.717, 1.165) is 23.8 Å². The number of ether oxygens (including phenoxy) is 1. The zero-order valence-corrected chi connectivity index (χ0v) is 12.8. The Morgan fingerprint density at radius 3 is 2.52 bits per heavy atom. The monoisotopic (exact) mass is 320 g/mol. The van der Waals surface area contributed by atoms with E-state index in [0.29, 0.717) is 18.6 Å². The van der Waals surface area contributed by atoms with Gasteiger partial charge in [0.05, 0.1) is 0 Å². The Hall–Kier alpha value is -2.27. The Morgan fingerprint density at radius 1 is 1.17 bits per heavy atom. The van der Waals surface area contributed by atoms with Crippen LogP contribution in [0.5, 0.6) is 5.75 Å². The van der Waals surface area contributed by atoms with Crippen LogP contribution < -0.4 is 4.74 Å². The summed E-state index contributed by atoms with van der Waals surface area (Å²) in [7, 11) is 0. The number of aliphatic hydroxyl groups excluding tert-OH is 1. The third kappa shape index (κ3) is 5.14. The van der Waals surface area contributed by atoms with Crippen molar-refractivity contribution >= 4 is 5.78 Å². The van der Waals surface area contributed by atoms with Crippen LogP contribution in [0.2, 0.25) is 0 Å². The van der Waals surface area contributed by atoms with E-state index in [1.165, 1.54) is 0 Å². The zero-order chi connectivity index (χ0) is 16.8. The molecule has 0 radical (unpaired) electrons. The molecule has 5 heteroatoms. The molecule has 122 valence electrons. The predicted octanol–water partition coefficient (Wildman–Crippen LogP) is 3.60. The minimum Gasteiger partial charge on any atom is -0.491 e. The summed E-state index contributed by atoms with van der Waals surface area (Å²) in [6.45, 7) is 1.36. The first-order valence-corrected chi connectivity index (χ1v) is 7.30. The van der Waals surface area contributed by atoms with Crippen LogP contribution in [0.15, 0.2) is 42.5 Å². The van der Waals surface area contributed by atoms with Crippen molar-refractivity contribution in [3.05, 3.63) is 65.2 Å². The fourth-order valence-corrected chi connectivity index (χ4v) is 2.11. The van der Waals surface area contributed by atoms with E-state index in [1.54, 1.807) is 19.1 Å². The van der Waals surface area contributed by atoms with Crippen LogP contribution in [0.4, 0.5) is 8.78 Å². The fourth-order valence-electron chi connectivity index (χ4n) is 2.11. The number of aryl methyl sites for hydroxylation is 1. The van der Waals surface area contributed by atoms with E-state index in [9.17, 15) is 18.7 Å². The normalized spacial score (nSPS) is 12.0. The van der Waals surface area contributed by atoms with Crippen LogP contribution in [0.1, 0.15) is 30.6 Å². The molecule has 0 aliphatic rings. The summed E-state index contributed by atoms with van der Waals surface area (Å²) >= 11 is 0. The number of Topliss-reactive ketones (excluding diaryl/α,β-unsaturated/α-hetero) is 1. The molecule has 0 saturated carbocycles. The Balaban J connectivity index is 1.92. The van der Waals surface area contributed by atoms with Crippen LogP contribution in [0.3, 0.4) is 0 Å². The highest BCUT2D eigenvalue weighted by molar-refractivity contribution is 5.75. The summed E-state index contributed by atoms with van der Waals surface area (Å²) in [4.78, 5) is 10.9. The zero-order valence-electron chi connectivity index (χ0n) is 12.8. The van der Waals surface area contributed by atoms with Gasteiger partial charge >= 0.3 is 0 Å². The van der Waals surface area contributed by atoms with Crippen molar-refractivity contribution in [1.29, 1.82) is 0 Å². The lowest BCUT2D eigenvalue weighted by Crippen LogP contribution is -2.11. The summed E-state index contributed by atoms with van der Waals surface area (Å²) in [6, 6.07) is 9.99. The SMILES string of the molecule is CC(=O)CCc1ccc(OCC(O)c2cc(F)ccc2F)cc1. The van der Waals surface area contributed by atoms with Crippen molar-refractivity contribution in [2.24, 2.45) is 0 Å². The molecule has 0 fully saturated rings. The molecule has 2 rings (SSSR count). The van der Waals surface area contributed by atoms with Crippen molar-refractivity contribution < 1.29 is 23.4 Å². The number of rotatable bonds is 7. The Kier molecular flexibility index (Phi) is 5.82. The van der Waals surface area contributed by atoms with Gasteiger partial charge in [-0.1, -0.05) is 12.1 Å². The van der Waals surface area contributed by atoms with Crippen LogP contribution in [0, 0.1) is 11.6 Å². The van der Waals surface area contributed by atoms with E-state index in [2.05, 4.69) is 0 Å². The van der Waals surface area contributed by atoms with E-state index >= 15 is 0 Å². The van der Waals surface area contributed by atoms with Gasteiger partial charge in [0, 0.05) is 12.0 Å². The minimum absolute atomic E-state index is 0.130.